The van der Waals surface area contributed by atoms with Gasteiger partial charge in [-0.15, -0.1) is 0 Å². The zero-order valence-electron chi connectivity index (χ0n) is 10.8. The number of benzene rings is 1. The van der Waals surface area contributed by atoms with Crippen LogP contribution in [0.2, 0.25) is 0 Å². The van der Waals surface area contributed by atoms with E-state index >= 15 is 0 Å². The Morgan fingerprint density at radius 1 is 1.47 bits per heavy atom. The molecule has 1 saturated heterocycles. The van der Waals surface area contributed by atoms with Gasteiger partial charge in [0.2, 0.25) is 5.91 Å². The molecule has 2 rings (SSSR count). The number of ether oxygens (including phenoxy) is 1. The van der Waals surface area contributed by atoms with Gasteiger partial charge in [-0.05, 0) is 30.5 Å². The minimum Gasteiger partial charge on any atom is -0.467 e. The number of halogens is 1. The molecule has 1 unspecified atom stereocenters. The maximum Gasteiger partial charge on any atom is 0.328 e. The summed E-state index contributed by atoms with van der Waals surface area (Å²) in [5, 5.41) is 0. The molecule has 0 radical (unpaired) electrons. The van der Waals surface area contributed by atoms with Gasteiger partial charge in [0.05, 0.1) is 13.5 Å². The Morgan fingerprint density at radius 2 is 2.26 bits per heavy atom. The van der Waals surface area contributed by atoms with Crippen LogP contribution >= 0.6 is 0 Å². The number of hydrogen-bond donors (Lipinski definition) is 0. The summed E-state index contributed by atoms with van der Waals surface area (Å²) < 4.78 is 17.7. The molecule has 0 aliphatic carbocycles. The molecule has 0 bridgehead atoms. The van der Waals surface area contributed by atoms with Gasteiger partial charge >= 0.3 is 5.97 Å². The summed E-state index contributed by atoms with van der Waals surface area (Å²) in [6.07, 6.45) is 1.52. The number of amides is 1. The SMILES string of the molecule is COC(=O)C1CCCN1C(=O)Cc1cccc(F)c1. The van der Waals surface area contributed by atoms with E-state index in [-0.39, 0.29) is 24.1 Å². The highest BCUT2D eigenvalue weighted by molar-refractivity contribution is 5.86. The third kappa shape index (κ3) is 3.10. The van der Waals surface area contributed by atoms with Crippen molar-refractivity contribution in [3.05, 3.63) is 35.6 Å². The minimum atomic E-state index is -0.494. The first-order chi connectivity index (χ1) is 9.11. The third-order valence-corrected chi connectivity index (χ3v) is 3.29. The number of rotatable bonds is 3. The molecule has 0 saturated carbocycles. The Labute approximate surface area is 111 Å². The van der Waals surface area contributed by atoms with Crippen molar-refractivity contribution in [2.45, 2.75) is 25.3 Å². The van der Waals surface area contributed by atoms with Gasteiger partial charge < -0.3 is 9.64 Å². The van der Waals surface area contributed by atoms with Crippen molar-refractivity contribution in [3.63, 3.8) is 0 Å². The van der Waals surface area contributed by atoms with Gasteiger partial charge in [0, 0.05) is 6.54 Å². The average Bonchev–Trinajstić information content (AvgIpc) is 2.87. The Balaban J connectivity index is 2.05. The van der Waals surface area contributed by atoms with Crippen molar-refractivity contribution in [1.29, 1.82) is 0 Å². The first-order valence-corrected chi connectivity index (χ1v) is 6.23. The van der Waals surface area contributed by atoms with E-state index in [1.54, 1.807) is 12.1 Å². The normalized spacial score (nSPS) is 18.4. The van der Waals surface area contributed by atoms with Gasteiger partial charge in [0.1, 0.15) is 11.9 Å². The summed E-state index contributed by atoms with van der Waals surface area (Å²) in [5.41, 5.74) is 0.612. The first kappa shape index (κ1) is 13.5. The molecule has 0 aromatic heterocycles. The van der Waals surface area contributed by atoms with Crippen molar-refractivity contribution in [1.82, 2.24) is 4.90 Å². The monoisotopic (exact) mass is 265 g/mol. The second-order valence-corrected chi connectivity index (χ2v) is 4.58. The highest BCUT2D eigenvalue weighted by atomic mass is 19.1. The number of hydrogen-bond acceptors (Lipinski definition) is 3. The average molecular weight is 265 g/mol. The van der Waals surface area contributed by atoms with E-state index in [1.807, 2.05) is 0 Å². The molecule has 4 nitrogen and oxygen atoms in total. The Bertz CT molecular complexity index is 489. The number of esters is 1. The van der Waals surface area contributed by atoms with E-state index in [1.165, 1.54) is 24.1 Å². The lowest BCUT2D eigenvalue weighted by atomic mass is 10.1. The number of carbonyl (C=O) groups is 2. The van der Waals surface area contributed by atoms with Crippen molar-refractivity contribution < 1.29 is 18.7 Å². The zero-order valence-corrected chi connectivity index (χ0v) is 10.8. The minimum absolute atomic E-state index is 0.102. The quantitative estimate of drug-likeness (QED) is 0.779. The lowest BCUT2D eigenvalue weighted by molar-refractivity contribution is -0.150. The number of likely N-dealkylation sites (tertiary alicyclic amines) is 1. The molecule has 19 heavy (non-hydrogen) atoms. The van der Waals surface area contributed by atoms with Crippen LogP contribution in [0.25, 0.3) is 0 Å². The first-order valence-electron chi connectivity index (χ1n) is 6.23. The van der Waals surface area contributed by atoms with Gasteiger partial charge in [0.15, 0.2) is 0 Å². The van der Waals surface area contributed by atoms with Crippen LogP contribution in [0.15, 0.2) is 24.3 Å². The molecule has 1 fully saturated rings. The highest BCUT2D eigenvalue weighted by Crippen LogP contribution is 2.19. The number of nitrogens with zero attached hydrogens (tertiary/aromatic N) is 1. The fourth-order valence-electron chi connectivity index (χ4n) is 2.37. The molecule has 1 aromatic carbocycles. The van der Waals surface area contributed by atoms with Crippen molar-refractivity contribution >= 4 is 11.9 Å². The Hall–Kier alpha value is -1.91. The van der Waals surface area contributed by atoms with E-state index in [4.69, 9.17) is 4.74 Å². The highest BCUT2D eigenvalue weighted by Gasteiger charge is 2.34. The molecule has 5 heteroatoms. The molecule has 1 amide bonds. The summed E-state index contributed by atoms with van der Waals surface area (Å²) in [6, 6.07) is 5.44. The smallest absolute Gasteiger partial charge is 0.328 e. The number of carbonyl (C=O) groups excluding carboxylic acids is 2. The third-order valence-electron chi connectivity index (χ3n) is 3.29. The van der Waals surface area contributed by atoms with Gasteiger partial charge in [-0.3, -0.25) is 4.79 Å². The molecular formula is C14H16FNO3. The van der Waals surface area contributed by atoms with Gasteiger partial charge in [-0.2, -0.15) is 0 Å². The van der Waals surface area contributed by atoms with Crippen LogP contribution in [0.4, 0.5) is 4.39 Å². The van der Waals surface area contributed by atoms with E-state index < -0.39 is 6.04 Å². The predicted octanol–water partition coefficient (Wildman–Crippen LogP) is 1.53. The maximum atomic E-state index is 13.1. The van der Waals surface area contributed by atoms with E-state index in [9.17, 15) is 14.0 Å². The summed E-state index contributed by atoms with van der Waals surface area (Å²) in [4.78, 5) is 25.2. The second-order valence-electron chi connectivity index (χ2n) is 4.58. The van der Waals surface area contributed by atoms with Crippen LogP contribution in [0.1, 0.15) is 18.4 Å². The Kier molecular flexibility index (Phi) is 4.14. The zero-order chi connectivity index (χ0) is 13.8. The fraction of sp³-hybridized carbons (Fsp3) is 0.429. The van der Waals surface area contributed by atoms with Crippen molar-refractivity contribution in [2.75, 3.05) is 13.7 Å². The lowest BCUT2D eigenvalue weighted by Crippen LogP contribution is -2.41. The van der Waals surface area contributed by atoms with Crippen molar-refractivity contribution in [2.24, 2.45) is 0 Å². The molecule has 1 aliphatic heterocycles. The molecule has 0 spiro atoms. The van der Waals surface area contributed by atoms with Crippen LogP contribution < -0.4 is 0 Å². The maximum absolute atomic E-state index is 13.1. The van der Waals surface area contributed by atoms with Crippen LogP contribution in [-0.4, -0.2) is 36.5 Å². The van der Waals surface area contributed by atoms with Gasteiger partial charge in [-0.25, -0.2) is 9.18 Å². The molecule has 1 heterocycles. The summed E-state index contributed by atoms with van der Waals surface area (Å²) in [6.45, 7) is 0.550. The largest absolute Gasteiger partial charge is 0.467 e. The molecule has 102 valence electrons. The van der Waals surface area contributed by atoms with E-state index in [0.29, 0.717) is 18.5 Å². The van der Waals surface area contributed by atoms with Crippen LogP contribution in [0.3, 0.4) is 0 Å². The Morgan fingerprint density at radius 3 is 2.95 bits per heavy atom. The lowest BCUT2D eigenvalue weighted by Gasteiger charge is -2.22. The van der Waals surface area contributed by atoms with E-state index in [0.717, 1.165) is 6.42 Å². The number of methoxy groups -OCH3 is 1. The predicted molar refractivity (Wildman–Crippen MR) is 66.9 cm³/mol. The van der Waals surface area contributed by atoms with Crippen LogP contribution in [0, 0.1) is 5.82 Å². The topological polar surface area (TPSA) is 46.6 Å². The summed E-state index contributed by atoms with van der Waals surface area (Å²) in [5.74, 6) is -0.917. The van der Waals surface area contributed by atoms with Gasteiger partial charge in [0.25, 0.3) is 0 Å². The molecule has 1 atom stereocenters. The molecule has 0 N–H and O–H groups in total. The van der Waals surface area contributed by atoms with Crippen molar-refractivity contribution in [3.8, 4) is 0 Å². The molecular weight excluding hydrogens is 249 g/mol. The fourth-order valence-corrected chi connectivity index (χ4v) is 2.37. The standard InChI is InChI=1S/C14H16FNO3/c1-19-14(18)12-6-3-7-16(12)13(17)9-10-4-2-5-11(15)8-10/h2,4-5,8,12H,3,6-7,9H2,1H3. The van der Waals surface area contributed by atoms with Gasteiger partial charge in [-0.1, -0.05) is 12.1 Å². The van der Waals surface area contributed by atoms with E-state index in [2.05, 4.69) is 0 Å². The second kappa shape index (κ2) is 5.82. The molecule has 1 aromatic rings. The summed E-state index contributed by atoms with van der Waals surface area (Å²) >= 11 is 0. The molecule has 1 aliphatic rings. The van der Waals surface area contributed by atoms with Crippen LogP contribution in [0.5, 0.6) is 0 Å². The van der Waals surface area contributed by atoms with Crippen LogP contribution in [-0.2, 0) is 20.7 Å². The summed E-state index contributed by atoms with van der Waals surface area (Å²) in [7, 11) is 1.32.